The maximum Gasteiger partial charge on any atom is 0.158 e. The van der Waals surface area contributed by atoms with Gasteiger partial charge in [0.1, 0.15) is 18.2 Å². The van der Waals surface area contributed by atoms with E-state index in [4.69, 9.17) is 10.6 Å². The number of hydrazine groups is 1. The lowest BCUT2D eigenvalue weighted by Crippen LogP contribution is -2.14. The molecule has 2 rings (SSSR count). The van der Waals surface area contributed by atoms with Crippen molar-refractivity contribution in [3.63, 3.8) is 0 Å². The first kappa shape index (κ1) is 14.2. The summed E-state index contributed by atoms with van der Waals surface area (Å²) in [5.74, 6) is 7.15. The van der Waals surface area contributed by atoms with E-state index in [0.29, 0.717) is 24.1 Å². The molecular formula is C13H18N6O. The Bertz CT molecular complexity index is 548. The van der Waals surface area contributed by atoms with E-state index in [1.807, 2.05) is 25.1 Å². The van der Waals surface area contributed by atoms with Gasteiger partial charge in [0.05, 0.1) is 11.7 Å². The fourth-order valence-corrected chi connectivity index (χ4v) is 1.77. The summed E-state index contributed by atoms with van der Waals surface area (Å²) in [6, 6.07) is 7.54. The second-order valence-corrected chi connectivity index (χ2v) is 4.25. The van der Waals surface area contributed by atoms with Crippen LogP contribution in [0.1, 0.15) is 24.5 Å². The lowest BCUT2D eigenvalue weighted by Gasteiger charge is -2.15. The van der Waals surface area contributed by atoms with E-state index in [9.17, 15) is 0 Å². The van der Waals surface area contributed by atoms with Crippen LogP contribution < -0.4 is 16.6 Å². The molecule has 0 aromatic carbocycles. The summed E-state index contributed by atoms with van der Waals surface area (Å²) in [5, 5.41) is 3.27. The normalized spacial score (nSPS) is 11.9. The molecular weight excluding hydrogens is 256 g/mol. The molecule has 2 aromatic rings. The van der Waals surface area contributed by atoms with E-state index in [1.54, 1.807) is 19.4 Å². The number of ether oxygens (including phenoxy) is 1. The summed E-state index contributed by atoms with van der Waals surface area (Å²) in [6.07, 6.45) is 1.76. The van der Waals surface area contributed by atoms with Gasteiger partial charge in [-0.25, -0.2) is 15.8 Å². The van der Waals surface area contributed by atoms with Crippen LogP contribution in [0.5, 0.6) is 0 Å². The van der Waals surface area contributed by atoms with Crippen LogP contribution in [-0.4, -0.2) is 22.1 Å². The number of rotatable bonds is 6. The summed E-state index contributed by atoms with van der Waals surface area (Å²) in [6.45, 7) is 2.33. The average molecular weight is 274 g/mol. The predicted octanol–water partition coefficient (Wildman–Crippen LogP) is 1.48. The van der Waals surface area contributed by atoms with E-state index in [1.165, 1.54) is 0 Å². The Kier molecular flexibility index (Phi) is 4.80. The third-order valence-electron chi connectivity index (χ3n) is 2.69. The van der Waals surface area contributed by atoms with Gasteiger partial charge in [-0.05, 0) is 19.1 Å². The Balaban J connectivity index is 2.17. The molecule has 0 saturated carbocycles. The number of pyridine rings is 1. The Morgan fingerprint density at radius 1 is 1.30 bits per heavy atom. The summed E-state index contributed by atoms with van der Waals surface area (Å²) < 4.78 is 5.04. The van der Waals surface area contributed by atoms with Gasteiger partial charge in [0.15, 0.2) is 5.82 Å². The molecule has 1 unspecified atom stereocenters. The van der Waals surface area contributed by atoms with Crippen molar-refractivity contribution in [2.24, 2.45) is 5.84 Å². The van der Waals surface area contributed by atoms with Gasteiger partial charge in [-0.3, -0.25) is 4.98 Å². The average Bonchev–Trinajstić information content (AvgIpc) is 2.48. The van der Waals surface area contributed by atoms with Crippen molar-refractivity contribution >= 4 is 11.6 Å². The summed E-state index contributed by atoms with van der Waals surface area (Å²) in [7, 11) is 1.59. The second kappa shape index (κ2) is 6.78. The zero-order valence-corrected chi connectivity index (χ0v) is 11.5. The second-order valence-electron chi connectivity index (χ2n) is 4.25. The van der Waals surface area contributed by atoms with Crippen LogP contribution in [0, 0.1) is 0 Å². The van der Waals surface area contributed by atoms with Gasteiger partial charge in [0.25, 0.3) is 0 Å². The molecule has 7 heteroatoms. The van der Waals surface area contributed by atoms with Gasteiger partial charge in [-0.2, -0.15) is 0 Å². The first-order valence-corrected chi connectivity index (χ1v) is 6.24. The maximum absolute atomic E-state index is 5.40. The topological polar surface area (TPSA) is 98.0 Å². The van der Waals surface area contributed by atoms with Gasteiger partial charge in [0, 0.05) is 19.4 Å². The Hall–Kier alpha value is -2.25. The van der Waals surface area contributed by atoms with Crippen molar-refractivity contribution in [2.75, 3.05) is 17.9 Å². The molecule has 0 amide bonds. The van der Waals surface area contributed by atoms with Crippen LogP contribution in [0.4, 0.5) is 11.6 Å². The smallest absolute Gasteiger partial charge is 0.158 e. The number of aromatic nitrogens is 3. The summed E-state index contributed by atoms with van der Waals surface area (Å²) in [5.41, 5.74) is 3.45. The summed E-state index contributed by atoms with van der Waals surface area (Å²) >= 11 is 0. The van der Waals surface area contributed by atoms with E-state index >= 15 is 0 Å². The van der Waals surface area contributed by atoms with Gasteiger partial charge in [-0.1, -0.05) is 6.07 Å². The quantitative estimate of drug-likeness (QED) is 0.542. The highest BCUT2D eigenvalue weighted by atomic mass is 16.5. The van der Waals surface area contributed by atoms with Crippen molar-refractivity contribution in [3.05, 3.63) is 42.0 Å². The zero-order valence-electron chi connectivity index (χ0n) is 11.5. The Morgan fingerprint density at radius 2 is 2.10 bits per heavy atom. The first-order chi connectivity index (χ1) is 9.72. The van der Waals surface area contributed by atoms with Gasteiger partial charge < -0.3 is 15.5 Å². The Morgan fingerprint density at radius 3 is 2.75 bits per heavy atom. The molecule has 2 heterocycles. The Labute approximate surface area is 117 Å². The molecule has 0 bridgehead atoms. The van der Waals surface area contributed by atoms with Crippen LogP contribution in [-0.2, 0) is 11.3 Å². The molecule has 0 spiro atoms. The fraction of sp³-hybridized carbons (Fsp3) is 0.308. The molecule has 1 atom stereocenters. The minimum Gasteiger partial charge on any atom is -0.377 e. The molecule has 0 aliphatic carbocycles. The van der Waals surface area contributed by atoms with Gasteiger partial charge in [-0.15, -0.1) is 0 Å². The van der Waals surface area contributed by atoms with E-state index in [-0.39, 0.29) is 6.04 Å². The number of nitrogens with one attached hydrogen (secondary N) is 2. The molecule has 0 aliphatic heterocycles. The lowest BCUT2D eigenvalue weighted by atomic mass is 10.2. The predicted molar refractivity (Wildman–Crippen MR) is 76.8 cm³/mol. The van der Waals surface area contributed by atoms with Crippen LogP contribution >= 0.6 is 0 Å². The van der Waals surface area contributed by atoms with Crippen molar-refractivity contribution in [3.8, 4) is 0 Å². The minimum atomic E-state index is 0.0205. The molecule has 0 saturated heterocycles. The number of hydrogen-bond donors (Lipinski definition) is 3. The summed E-state index contributed by atoms with van der Waals surface area (Å²) in [4.78, 5) is 12.9. The van der Waals surface area contributed by atoms with Crippen LogP contribution in [0.25, 0.3) is 0 Å². The maximum atomic E-state index is 5.40. The van der Waals surface area contributed by atoms with E-state index in [2.05, 4.69) is 25.7 Å². The molecule has 2 aromatic heterocycles. The first-order valence-electron chi connectivity index (χ1n) is 6.24. The number of methoxy groups -OCH3 is 1. The van der Waals surface area contributed by atoms with Gasteiger partial charge >= 0.3 is 0 Å². The van der Waals surface area contributed by atoms with Crippen LogP contribution in [0.2, 0.25) is 0 Å². The standard InChI is InChI=1S/C13H18N6O/c1-9(10-5-3-4-6-15-10)16-11-7-12(19-14)18-13(17-11)8-20-2/h3-7,9H,8,14H2,1-2H3,(H2,16,17,18,19). The van der Waals surface area contributed by atoms with Crippen molar-refractivity contribution < 1.29 is 4.74 Å². The monoisotopic (exact) mass is 274 g/mol. The van der Waals surface area contributed by atoms with Crippen LogP contribution in [0.3, 0.4) is 0 Å². The third-order valence-corrected chi connectivity index (χ3v) is 2.69. The number of anilines is 2. The van der Waals surface area contributed by atoms with Crippen LogP contribution in [0.15, 0.2) is 30.5 Å². The van der Waals surface area contributed by atoms with Crippen molar-refractivity contribution in [1.29, 1.82) is 0 Å². The number of hydrogen-bond acceptors (Lipinski definition) is 7. The lowest BCUT2D eigenvalue weighted by molar-refractivity contribution is 0.178. The molecule has 0 fully saturated rings. The largest absolute Gasteiger partial charge is 0.377 e. The van der Waals surface area contributed by atoms with Gasteiger partial charge in [0.2, 0.25) is 0 Å². The minimum absolute atomic E-state index is 0.0205. The SMILES string of the molecule is COCc1nc(NN)cc(NC(C)c2ccccn2)n1. The number of nitrogens with two attached hydrogens (primary N) is 1. The van der Waals surface area contributed by atoms with Crippen molar-refractivity contribution in [1.82, 2.24) is 15.0 Å². The zero-order chi connectivity index (χ0) is 14.4. The third kappa shape index (κ3) is 3.62. The molecule has 0 radical (unpaired) electrons. The van der Waals surface area contributed by atoms with E-state index in [0.717, 1.165) is 5.69 Å². The number of nitrogen functional groups attached to an aromatic ring is 1. The highest BCUT2D eigenvalue weighted by molar-refractivity contribution is 5.47. The molecule has 4 N–H and O–H groups in total. The molecule has 106 valence electrons. The van der Waals surface area contributed by atoms with Crippen molar-refractivity contribution in [2.45, 2.75) is 19.6 Å². The fourth-order valence-electron chi connectivity index (χ4n) is 1.77. The van der Waals surface area contributed by atoms with E-state index < -0.39 is 0 Å². The molecule has 20 heavy (non-hydrogen) atoms. The highest BCUT2D eigenvalue weighted by Crippen LogP contribution is 2.18. The number of nitrogens with zero attached hydrogens (tertiary/aromatic N) is 3. The molecule has 0 aliphatic rings. The highest BCUT2D eigenvalue weighted by Gasteiger charge is 2.09. The molecule has 7 nitrogen and oxygen atoms in total.